The van der Waals surface area contributed by atoms with E-state index in [1.54, 1.807) is 7.11 Å². The molecular weight excluding hydrogens is 222 g/mol. The van der Waals surface area contributed by atoms with Gasteiger partial charge in [-0.1, -0.05) is 36.4 Å². The lowest BCUT2D eigenvalue weighted by Crippen LogP contribution is -1.93. The summed E-state index contributed by atoms with van der Waals surface area (Å²) in [5.74, 6) is 0.886. The molecule has 2 aromatic carbocycles. The van der Waals surface area contributed by atoms with Crippen molar-refractivity contribution in [1.29, 1.82) is 0 Å². The monoisotopic (exact) mass is 239 g/mol. The van der Waals surface area contributed by atoms with E-state index >= 15 is 0 Å². The summed E-state index contributed by atoms with van der Waals surface area (Å²) >= 11 is 0. The zero-order valence-corrected chi connectivity index (χ0v) is 10.7. The molecule has 2 nitrogen and oxygen atoms in total. The Morgan fingerprint density at radius 2 is 1.67 bits per heavy atom. The second kappa shape index (κ2) is 5.92. The summed E-state index contributed by atoms with van der Waals surface area (Å²) in [5.41, 5.74) is 3.26. The van der Waals surface area contributed by atoms with Gasteiger partial charge in [0.05, 0.1) is 12.9 Å². The summed E-state index contributed by atoms with van der Waals surface area (Å²) < 4.78 is 5.19. The largest absolute Gasteiger partial charge is 0.501 e. The van der Waals surface area contributed by atoms with Gasteiger partial charge in [0.25, 0.3) is 0 Å². The van der Waals surface area contributed by atoms with Gasteiger partial charge >= 0.3 is 0 Å². The van der Waals surface area contributed by atoms with E-state index in [1.165, 1.54) is 0 Å². The van der Waals surface area contributed by atoms with Crippen LogP contribution in [0.5, 0.6) is 0 Å². The van der Waals surface area contributed by atoms with Gasteiger partial charge in [-0.05, 0) is 31.2 Å². The molecule has 2 heteroatoms. The molecule has 0 saturated carbocycles. The third kappa shape index (κ3) is 3.14. The van der Waals surface area contributed by atoms with Gasteiger partial charge in [0.1, 0.15) is 0 Å². The van der Waals surface area contributed by atoms with Crippen LogP contribution in [0, 0.1) is 0 Å². The first-order valence-corrected chi connectivity index (χ1v) is 5.93. The van der Waals surface area contributed by atoms with Crippen molar-refractivity contribution in [2.45, 2.75) is 6.92 Å². The van der Waals surface area contributed by atoms with Crippen molar-refractivity contribution in [3.8, 4) is 0 Å². The molecule has 0 saturated heterocycles. The van der Waals surface area contributed by atoms with Gasteiger partial charge < -0.3 is 10.1 Å². The van der Waals surface area contributed by atoms with Gasteiger partial charge in [0, 0.05) is 16.9 Å². The van der Waals surface area contributed by atoms with E-state index in [4.69, 9.17) is 4.74 Å². The number of allylic oxidation sites excluding steroid dienone is 1. The lowest BCUT2D eigenvalue weighted by molar-refractivity contribution is 0.297. The third-order valence-corrected chi connectivity index (χ3v) is 2.69. The molecule has 0 radical (unpaired) electrons. The molecule has 0 aromatic heterocycles. The van der Waals surface area contributed by atoms with E-state index in [-0.39, 0.29) is 0 Å². The van der Waals surface area contributed by atoms with Gasteiger partial charge in [0.2, 0.25) is 0 Å². The molecule has 0 atom stereocenters. The Kier molecular flexibility index (Phi) is 4.02. The first-order valence-electron chi connectivity index (χ1n) is 5.93. The first-order chi connectivity index (χ1) is 8.79. The highest BCUT2D eigenvalue weighted by Crippen LogP contribution is 2.22. The molecule has 0 unspecified atom stereocenters. The van der Waals surface area contributed by atoms with E-state index in [0.29, 0.717) is 0 Å². The Morgan fingerprint density at radius 1 is 1.00 bits per heavy atom. The molecule has 0 heterocycles. The molecule has 1 N–H and O–H groups in total. The summed E-state index contributed by atoms with van der Waals surface area (Å²) in [5, 5.41) is 3.40. The highest BCUT2D eigenvalue weighted by Gasteiger charge is 2.00. The molecule has 0 aliphatic rings. The second-order valence-electron chi connectivity index (χ2n) is 4.04. The molecule has 0 aliphatic carbocycles. The number of methoxy groups -OCH3 is 1. The Bertz CT molecular complexity index is 532. The summed E-state index contributed by atoms with van der Waals surface area (Å²) in [6, 6.07) is 18.3. The number of para-hydroxylation sites is 2. The number of nitrogens with one attached hydrogen (secondary N) is 1. The average Bonchev–Trinajstić information content (AvgIpc) is 2.42. The predicted molar refractivity (Wildman–Crippen MR) is 76.8 cm³/mol. The molecule has 0 aliphatic heterocycles. The van der Waals surface area contributed by atoms with Crippen LogP contribution in [0.1, 0.15) is 12.5 Å². The van der Waals surface area contributed by atoms with Crippen LogP contribution in [0.25, 0.3) is 6.08 Å². The number of ether oxygens (including phenoxy) is 1. The lowest BCUT2D eigenvalue weighted by atomic mass is 10.1. The maximum Gasteiger partial charge on any atom is 0.0931 e. The van der Waals surface area contributed by atoms with Crippen molar-refractivity contribution in [1.82, 2.24) is 0 Å². The summed E-state index contributed by atoms with van der Waals surface area (Å²) in [6.45, 7) is 1.94. The van der Waals surface area contributed by atoms with E-state index in [9.17, 15) is 0 Å². The molecule has 0 spiro atoms. The lowest BCUT2D eigenvalue weighted by Gasteiger charge is -2.10. The quantitative estimate of drug-likeness (QED) is 0.796. The Hall–Kier alpha value is -2.22. The van der Waals surface area contributed by atoms with Crippen LogP contribution in [-0.2, 0) is 4.74 Å². The highest BCUT2D eigenvalue weighted by molar-refractivity contribution is 5.72. The summed E-state index contributed by atoms with van der Waals surface area (Å²) in [4.78, 5) is 0. The molecule has 2 rings (SSSR count). The number of hydrogen-bond donors (Lipinski definition) is 1. The van der Waals surface area contributed by atoms with E-state index in [0.717, 1.165) is 22.7 Å². The number of benzene rings is 2. The van der Waals surface area contributed by atoms with Gasteiger partial charge in [-0.2, -0.15) is 0 Å². The van der Waals surface area contributed by atoms with Crippen LogP contribution < -0.4 is 5.32 Å². The fourth-order valence-electron chi connectivity index (χ4n) is 1.69. The first kappa shape index (κ1) is 12.2. The molecule has 18 heavy (non-hydrogen) atoms. The van der Waals surface area contributed by atoms with Crippen molar-refractivity contribution in [2.75, 3.05) is 12.4 Å². The van der Waals surface area contributed by atoms with Crippen molar-refractivity contribution < 1.29 is 4.74 Å². The van der Waals surface area contributed by atoms with Crippen molar-refractivity contribution in [2.24, 2.45) is 0 Å². The SMILES string of the molecule is CO/C(C)=C/c1ccccc1Nc1ccccc1. The normalized spacial score (nSPS) is 11.1. The Labute approximate surface area is 108 Å². The third-order valence-electron chi connectivity index (χ3n) is 2.69. The standard InChI is InChI=1S/C16H17NO/c1-13(18-2)12-14-8-6-7-11-16(14)17-15-9-4-3-5-10-15/h3-12,17H,1-2H3/b13-12+. The minimum Gasteiger partial charge on any atom is -0.501 e. The highest BCUT2D eigenvalue weighted by atomic mass is 16.5. The molecule has 0 fully saturated rings. The van der Waals surface area contributed by atoms with Gasteiger partial charge in [0.15, 0.2) is 0 Å². The number of rotatable bonds is 4. The Balaban J connectivity index is 2.28. The van der Waals surface area contributed by atoms with Crippen molar-refractivity contribution in [3.05, 3.63) is 65.9 Å². The maximum absolute atomic E-state index is 5.19. The van der Waals surface area contributed by atoms with Crippen LogP contribution >= 0.6 is 0 Å². The van der Waals surface area contributed by atoms with Crippen LogP contribution in [0.2, 0.25) is 0 Å². The van der Waals surface area contributed by atoms with Crippen LogP contribution in [0.3, 0.4) is 0 Å². The number of anilines is 2. The zero-order chi connectivity index (χ0) is 12.8. The molecule has 0 bridgehead atoms. The number of hydrogen-bond acceptors (Lipinski definition) is 2. The van der Waals surface area contributed by atoms with Crippen molar-refractivity contribution >= 4 is 17.5 Å². The van der Waals surface area contributed by atoms with Crippen molar-refractivity contribution in [3.63, 3.8) is 0 Å². The Morgan fingerprint density at radius 3 is 2.39 bits per heavy atom. The minimum absolute atomic E-state index is 0.886. The minimum atomic E-state index is 0.886. The maximum atomic E-state index is 5.19. The van der Waals surface area contributed by atoms with E-state index in [1.807, 2.05) is 55.5 Å². The average molecular weight is 239 g/mol. The van der Waals surface area contributed by atoms with Gasteiger partial charge in [-0.15, -0.1) is 0 Å². The molecule has 0 amide bonds. The predicted octanol–water partition coefficient (Wildman–Crippen LogP) is 4.44. The van der Waals surface area contributed by atoms with E-state index < -0.39 is 0 Å². The molecule has 92 valence electrons. The zero-order valence-electron chi connectivity index (χ0n) is 10.7. The van der Waals surface area contributed by atoms with E-state index in [2.05, 4.69) is 17.4 Å². The molecular formula is C16H17NO. The van der Waals surface area contributed by atoms with Gasteiger partial charge in [-0.3, -0.25) is 0 Å². The fraction of sp³-hybridized carbons (Fsp3) is 0.125. The second-order valence-corrected chi connectivity index (χ2v) is 4.04. The van der Waals surface area contributed by atoms with Crippen LogP contribution in [0.15, 0.2) is 60.4 Å². The molecule has 2 aromatic rings. The summed E-state index contributed by atoms with van der Waals surface area (Å²) in [6.07, 6.45) is 2.02. The fourth-order valence-corrected chi connectivity index (χ4v) is 1.69. The summed E-state index contributed by atoms with van der Waals surface area (Å²) in [7, 11) is 1.68. The van der Waals surface area contributed by atoms with Crippen LogP contribution in [-0.4, -0.2) is 7.11 Å². The van der Waals surface area contributed by atoms with Gasteiger partial charge in [-0.25, -0.2) is 0 Å². The van der Waals surface area contributed by atoms with Crippen LogP contribution in [0.4, 0.5) is 11.4 Å². The smallest absolute Gasteiger partial charge is 0.0931 e. The topological polar surface area (TPSA) is 21.3 Å².